The topological polar surface area (TPSA) is 58.2 Å². The maximum atomic E-state index is 13.9. The van der Waals surface area contributed by atoms with Crippen LogP contribution < -0.4 is 10.6 Å². The van der Waals surface area contributed by atoms with Gasteiger partial charge in [-0.1, -0.05) is 18.0 Å². The van der Waals surface area contributed by atoms with Gasteiger partial charge < -0.3 is 10.6 Å². The van der Waals surface area contributed by atoms with E-state index in [0.717, 1.165) is 12.8 Å². The number of hydrogen-bond acceptors (Lipinski definition) is 2. The number of nitrogens with one attached hydrogen (secondary N) is 2. The average Bonchev–Trinajstić information content (AvgIpc) is 3.34. The van der Waals surface area contributed by atoms with E-state index in [1.54, 1.807) is 0 Å². The highest BCUT2D eigenvalue weighted by Gasteiger charge is 2.85. The van der Waals surface area contributed by atoms with Crippen LogP contribution in [0.15, 0.2) is 18.2 Å². The maximum absolute atomic E-state index is 13.9. The summed E-state index contributed by atoms with van der Waals surface area (Å²) >= 11 is 6.05. The Balaban J connectivity index is 1.53. The van der Waals surface area contributed by atoms with Crippen LogP contribution >= 0.6 is 11.6 Å². The second kappa shape index (κ2) is 5.15. The van der Waals surface area contributed by atoms with Crippen molar-refractivity contribution in [2.45, 2.75) is 44.1 Å². The summed E-state index contributed by atoms with van der Waals surface area (Å²) in [6.45, 7) is 0. The molecule has 0 spiro atoms. The Kier molecular flexibility index (Phi) is 3.39. The summed E-state index contributed by atoms with van der Waals surface area (Å²) in [4.78, 5) is 24.6. The van der Waals surface area contributed by atoms with Gasteiger partial charge in [0.25, 0.3) is 11.8 Å². The van der Waals surface area contributed by atoms with E-state index in [1.807, 2.05) is 0 Å². The fourth-order valence-corrected chi connectivity index (χ4v) is 4.02. The zero-order valence-corrected chi connectivity index (χ0v) is 13.6. The minimum atomic E-state index is -2.92. The molecule has 3 aliphatic carbocycles. The minimum absolute atomic E-state index is 0.176. The van der Waals surface area contributed by atoms with Crippen molar-refractivity contribution in [2.75, 3.05) is 5.32 Å². The number of carbonyl (C=O) groups excluding carboxylic acids is 2. The summed E-state index contributed by atoms with van der Waals surface area (Å²) in [5, 5.41) is 5.64. The monoisotopic (exact) mass is 354 g/mol. The van der Waals surface area contributed by atoms with E-state index in [1.165, 1.54) is 18.2 Å². The van der Waals surface area contributed by atoms with Crippen LogP contribution in [-0.2, 0) is 4.79 Å². The van der Waals surface area contributed by atoms with E-state index in [2.05, 4.69) is 10.6 Å². The quantitative estimate of drug-likeness (QED) is 0.867. The average molecular weight is 355 g/mol. The lowest BCUT2D eigenvalue weighted by Crippen LogP contribution is -2.29. The molecular formula is C17H17ClF2N2O2. The van der Waals surface area contributed by atoms with Crippen molar-refractivity contribution < 1.29 is 18.4 Å². The predicted molar refractivity (Wildman–Crippen MR) is 85.3 cm³/mol. The highest BCUT2D eigenvalue weighted by Crippen LogP contribution is 2.74. The van der Waals surface area contributed by atoms with E-state index >= 15 is 0 Å². The molecule has 0 radical (unpaired) electrons. The third-order valence-corrected chi connectivity index (χ3v) is 5.72. The minimum Gasteiger partial charge on any atom is -0.349 e. The van der Waals surface area contributed by atoms with Crippen LogP contribution in [-0.4, -0.2) is 23.8 Å². The molecule has 3 fully saturated rings. The van der Waals surface area contributed by atoms with Gasteiger partial charge in [0.2, 0.25) is 5.91 Å². The van der Waals surface area contributed by atoms with Crippen LogP contribution in [0.5, 0.6) is 0 Å². The summed E-state index contributed by atoms with van der Waals surface area (Å²) < 4.78 is 27.9. The van der Waals surface area contributed by atoms with Gasteiger partial charge in [-0.05, 0) is 43.9 Å². The lowest BCUT2D eigenvalue weighted by Gasteiger charge is -2.15. The molecule has 3 saturated carbocycles. The van der Waals surface area contributed by atoms with E-state index in [-0.39, 0.29) is 29.0 Å². The van der Waals surface area contributed by atoms with Gasteiger partial charge in [0.15, 0.2) is 0 Å². The zero-order valence-electron chi connectivity index (χ0n) is 12.9. The largest absolute Gasteiger partial charge is 0.349 e. The van der Waals surface area contributed by atoms with Crippen molar-refractivity contribution in [3.05, 3.63) is 28.8 Å². The number of amides is 2. The van der Waals surface area contributed by atoms with Crippen LogP contribution in [0.4, 0.5) is 14.5 Å². The summed E-state index contributed by atoms with van der Waals surface area (Å²) in [5.41, 5.74) is -1.01. The van der Waals surface area contributed by atoms with E-state index in [9.17, 15) is 18.4 Å². The van der Waals surface area contributed by atoms with Gasteiger partial charge in [-0.2, -0.15) is 0 Å². The number of fused-ring (bicyclic) bond motifs is 1. The molecule has 2 amide bonds. The van der Waals surface area contributed by atoms with Crippen LogP contribution in [0.25, 0.3) is 0 Å². The first-order chi connectivity index (χ1) is 11.4. The van der Waals surface area contributed by atoms with Gasteiger partial charge in [-0.15, -0.1) is 0 Å². The molecule has 2 N–H and O–H groups in total. The molecule has 2 unspecified atom stereocenters. The molecule has 0 aromatic heterocycles. The molecule has 1 aromatic carbocycles. The number of rotatable bonds is 4. The Labute approximate surface area is 142 Å². The molecule has 1 aromatic rings. The van der Waals surface area contributed by atoms with Crippen molar-refractivity contribution in [1.29, 1.82) is 0 Å². The van der Waals surface area contributed by atoms with Gasteiger partial charge in [0.1, 0.15) is 5.41 Å². The highest BCUT2D eigenvalue weighted by molar-refractivity contribution is 6.34. The second-order valence-electron chi connectivity index (χ2n) is 6.94. The van der Waals surface area contributed by atoms with E-state index in [0.29, 0.717) is 18.5 Å². The van der Waals surface area contributed by atoms with Gasteiger partial charge in [-0.3, -0.25) is 9.59 Å². The third-order valence-electron chi connectivity index (χ3n) is 5.39. The first kappa shape index (κ1) is 15.8. The molecule has 3 aliphatic rings. The molecular weight excluding hydrogens is 338 g/mol. The Hall–Kier alpha value is -1.69. The maximum Gasteiger partial charge on any atom is 0.266 e. The lowest BCUT2D eigenvalue weighted by molar-refractivity contribution is -0.125. The van der Waals surface area contributed by atoms with Crippen LogP contribution in [0.2, 0.25) is 5.02 Å². The fraction of sp³-hybridized carbons (Fsp3) is 0.529. The van der Waals surface area contributed by atoms with Gasteiger partial charge in [0, 0.05) is 17.6 Å². The van der Waals surface area contributed by atoms with Gasteiger partial charge in [-0.25, -0.2) is 8.78 Å². The number of benzene rings is 1. The van der Waals surface area contributed by atoms with Crippen LogP contribution in [0, 0.1) is 11.3 Å². The fourth-order valence-electron chi connectivity index (χ4n) is 3.82. The van der Waals surface area contributed by atoms with Crippen molar-refractivity contribution in [2.24, 2.45) is 11.3 Å². The number of hydrogen-bond donors (Lipinski definition) is 2. The van der Waals surface area contributed by atoms with Crippen LogP contribution in [0.1, 0.15) is 42.5 Å². The number of carbonyl (C=O) groups is 2. The van der Waals surface area contributed by atoms with Crippen molar-refractivity contribution in [3.8, 4) is 0 Å². The number of alkyl halides is 2. The standard InChI is InChI=1S/C17H17ClF2N2O2/c18-12-6-5-10(8-11(12)14(23)21-9-3-4-9)22-15(24)16-7-1-2-13(16)17(16,19)20/h5-6,8-9,13H,1-4,7H2,(H,21,23)(H,22,24). The lowest BCUT2D eigenvalue weighted by atomic mass is 10.0. The van der Waals surface area contributed by atoms with Crippen molar-refractivity contribution >= 4 is 29.1 Å². The second-order valence-corrected chi connectivity index (χ2v) is 7.34. The summed E-state index contributed by atoms with van der Waals surface area (Å²) in [6.07, 6.45) is 3.12. The molecule has 2 atom stereocenters. The first-order valence-electron chi connectivity index (χ1n) is 8.16. The highest BCUT2D eigenvalue weighted by atomic mass is 35.5. The number of halogens is 3. The van der Waals surface area contributed by atoms with Crippen molar-refractivity contribution in [1.82, 2.24) is 5.32 Å². The molecule has 24 heavy (non-hydrogen) atoms. The third kappa shape index (κ3) is 2.23. The molecule has 0 saturated heterocycles. The molecule has 0 bridgehead atoms. The zero-order chi connectivity index (χ0) is 17.1. The first-order valence-corrected chi connectivity index (χ1v) is 8.54. The van der Waals surface area contributed by atoms with Gasteiger partial charge >= 0.3 is 0 Å². The molecule has 0 heterocycles. The molecule has 7 heteroatoms. The smallest absolute Gasteiger partial charge is 0.266 e. The van der Waals surface area contributed by atoms with Crippen molar-refractivity contribution in [3.63, 3.8) is 0 Å². The Bertz CT molecular complexity index is 735. The summed E-state index contributed by atoms with van der Waals surface area (Å²) in [7, 11) is 0. The Morgan fingerprint density at radius 2 is 1.96 bits per heavy atom. The van der Waals surface area contributed by atoms with E-state index in [4.69, 9.17) is 11.6 Å². The predicted octanol–water partition coefficient (Wildman–Crippen LogP) is 3.61. The molecule has 4 nitrogen and oxygen atoms in total. The summed E-state index contributed by atoms with van der Waals surface area (Å²) in [6, 6.07) is 4.64. The van der Waals surface area contributed by atoms with E-state index < -0.39 is 23.2 Å². The molecule has 0 aliphatic heterocycles. The van der Waals surface area contributed by atoms with Gasteiger partial charge in [0.05, 0.1) is 10.6 Å². The normalized spacial score (nSPS) is 29.7. The Morgan fingerprint density at radius 1 is 1.21 bits per heavy atom. The number of anilines is 1. The Morgan fingerprint density at radius 3 is 2.58 bits per heavy atom. The molecule has 4 rings (SSSR count). The molecule has 128 valence electrons. The SMILES string of the molecule is O=C(NC1CC1)c1cc(NC(=O)C23CCCC2C3(F)F)ccc1Cl. The van der Waals surface area contributed by atoms with Crippen LogP contribution in [0.3, 0.4) is 0 Å². The summed E-state index contributed by atoms with van der Waals surface area (Å²) in [5.74, 6) is -4.75.